The minimum Gasteiger partial charge on any atom is -0.452 e. The fraction of sp³-hybridized carbons (Fsp3) is 0.348. The van der Waals surface area contributed by atoms with Crippen LogP contribution in [0.15, 0.2) is 57.9 Å². The highest BCUT2D eigenvalue weighted by atomic mass is 35.5. The smallest absolute Gasteiger partial charge is 0.338 e. The van der Waals surface area contributed by atoms with Crippen molar-refractivity contribution in [3.8, 4) is 11.4 Å². The molecule has 1 aliphatic rings. The first-order valence-electron chi connectivity index (χ1n) is 10.7. The van der Waals surface area contributed by atoms with Crippen molar-refractivity contribution >= 4 is 27.6 Å². The molecule has 0 unspecified atom stereocenters. The number of halogens is 1. The number of hydrogen-bond acceptors (Lipinski definition) is 7. The Morgan fingerprint density at radius 2 is 1.91 bits per heavy atom. The highest BCUT2D eigenvalue weighted by Crippen LogP contribution is 2.27. The molecule has 1 saturated carbocycles. The van der Waals surface area contributed by atoms with Crippen LogP contribution in [-0.2, 0) is 21.4 Å². The van der Waals surface area contributed by atoms with Crippen LogP contribution < -0.4 is 0 Å². The maximum absolute atomic E-state index is 13.1. The Bertz CT molecular complexity index is 1240. The fourth-order valence-corrected chi connectivity index (χ4v) is 5.51. The van der Waals surface area contributed by atoms with Gasteiger partial charge in [-0.15, -0.1) is 0 Å². The molecule has 1 fully saturated rings. The van der Waals surface area contributed by atoms with Gasteiger partial charge in [-0.3, -0.25) is 0 Å². The molecule has 4 rings (SSSR count). The number of hydrogen-bond donors (Lipinski definition) is 0. The highest BCUT2D eigenvalue weighted by molar-refractivity contribution is 7.89. The van der Waals surface area contributed by atoms with E-state index in [9.17, 15) is 13.2 Å². The second-order valence-electron chi connectivity index (χ2n) is 7.94. The summed E-state index contributed by atoms with van der Waals surface area (Å²) in [7, 11) is -2.12. The number of benzene rings is 2. The van der Waals surface area contributed by atoms with Crippen LogP contribution in [0.25, 0.3) is 11.4 Å². The van der Waals surface area contributed by atoms with E-state index in [0.717, 1.165) is 32.1 Å². The number of ether oxygens (including phenoxy) is 1. The van der Waals surface area contributed by atoms with E-state index in [-0.39, 0.29) is 29.0 Å². The van der Waals surface area contributed by atoms with Crippen molar-refractivity contribution in [3.63, 3.8) is 0 Å². The van der Waals surface area contributed by atoms with Crippen LogP contribution >= 0.6 is 11.6 Å². The van der Waals surface area contributed by atoms with E-state index in [0.29, 0.717) is 16.4 Å². The maximum Gasteiger partial charge on any atom is 0.338 e. The van der Waals surface area contributed by atoms with Crippen LogP contribution in [0.5, 0.6) is 0 Å². The van der Waals surface area contributed by atoms with Gasteiger partial charge in [-0.05, 0) is 43.2 Å². The quantitative estimate of drug-likeness (QED) is 0.443. The number of aromatic nitrogens is 2. The molecule has 0 saturated heterocycles. The van der Waals surface area contributed by atoms with Crippen LogP contribution in [0.2, 0.25) is 5.02 Å². The average Bonchev–Trinajstić information content (AvgIpc) is 3.32. The average molecular weight is 490 g/mol. The van der Waals surface area contributed by atoms with E-state index in [1.807, 2.05) is 0 Å². The van der Waals surface area contributed by atoms with Gasteiger partial charge < -0.3 is 9.26 Å². The van der Waals surface area contributed by atoms with Gasteiger partial charge in [0.1, 0.15) is 0 Å². The van der Waals surface area contributed by atoms with Crippen molar-refractivity contribution < 1.29 is 22.5 Å². The van der Waals surface area contributed by atoms with Gasteiger partial charge in [0, 0.05) is 23.7 Å². The second kappa shape index (κ2) is 10.0. The van der Waals surface area contributed by atoms with Crippen molar-refractivity contribution in [1.29, 1.82) is 0 Å². The molecule has 0 amide bonds. The first-order chi connectivity index (χ1) is 15.8. The molecule has 0 aliphatic heterocycles. The molecule has 174 valence electrons. The molecular formula is C23H24ClN3O5S. The third-order valence-corrected chi connectivity index (χ3v) is 7.85. The number of esters is 1. The van der Waals surface area contributed by atoms with E-state index >= 15 is 0 Å². The van der Waals surface area contributed by atoms with Crippen LogP contribution in [0.4, 0.5) is 0 Å². The standard InChI is InChI=1S/C23H24ClN3O5S/c1-27(19-10-3-2-4-11-19)33(29,30)20-12-6-8-17(14-20)23(28)31-15-21-25-22(26-32-21)16-7-5-9-18(24)13-16/h5-9,12-14,19H,2-4,10-11,15H2,1H3. The lowest BCUT2D eigenvalue weighted by Crippen LogP contribution is -2.38. The lowest BCUT2D eigenvalue weighted by atomic mass is 9.96. The van der Waals surface area contributed by atoms with Crippen molar-refractivity contribution in [2.45, 2.75) is 49.6 Å². The lowest BCUT2D eigenvalue weighted by molar-refractivity contribution is 0.0429. The van der Waals surface area contributed by atoms with Crippen LogP contribution in [0.3, 0.4) is 0 Å². The summed E-state index contributed by atoms with van der Waals surface area (Å²) in [5, 5.41) is 4.40. The van der Waals surface area contributed by atoms with Gasteiger partial charge in [-0.1, -0.05) is 54.2 Å². The van der Waals surface area contributed by atoms with Gasteiger partial charge in [0.2, 0.25) is 15.8 Å². The van der Waals surface area contributed by atoms with Crippen LogP contribution in [0, 0.1) is 0 Å². The number of carbonyl (C=O) groups excluding carboxylic acids is 1. The van der Waals surface area contributed by atoms with Gasteiger partial charge in [-0.2, -0.15) is 9.29 Å². The minimum atomic E-state index is -3.72. The summed E-state index contributed by atoms with van der Waals surface area (Å²) in [6.07, 6.45) is 4.86. The summed E-state index contributed by atoms with van der Waals surface area (Å²) in [6.45, 7) is -0.245. The summed E-state index contributed by atoms with van der Waals surface area (Å²) in [5.74, 6) is -0.253. The van der Waals surface area contributed by atoms with E-state index in [4.69, 9.17) is 20.9 Å². The molecule has 0 bridgehead atoms. The Morgan fingerprint density at radius 1 is 1.15 bits per heavy atom. The summed E-state index contributed by atoms with van der Waals surface area (Å²) >= 11 is 5.98. The highest BCUT2D eigenvalue weighted by Gasteiger charge is 2.29. The van der Waals surface area contributed by atoms with Crippen LogP contribution in [-0.4, -0.2) is 41.9 Å². The largest absolute Gasteiger partial charge is 0.452 e. The third kappa shape index (κ3) is 5.43. The zero-order valence-corrected chi connectivity index (χ0v) is 19.7. The number of carbonyl (C=O) groups is 1. The van der Waals surface area contributed by atoms with E-state index in [1.165, 1.54) is 28.6 Å². The molecule has 8 nitrogen and oxygen atoms in total. The van der Waals surface area contributed by atoms with Crippen LogP contribution in [0.1, 0.15) is 48.4 Å². The zero-order valence-electron chi connectivity index (χ0n) is 18.1. The molecule has 3 aromatic rings. The molecule has 0 spiro atoms. The topological polar surface area (TPSA) is 103 Å². The van der Waals surface area contributed by atoms with E-state index in [2.05, 4.69) is 10.1 Å². The first kappa shape index (κ1) is 23.4. The SMILES string of the molecule is CN(C1CCCCC1)S(=O)(=O)c1cccc(C(=O)OCc2nc(-c3cccc(Cl)c3)no2)c1. The van der Waals surface area contributed by atoms with E-state index < -0.39 is 16.0 Å². The van der Waals surface area contributed by atoms with Crippen molar-refractivity contribution in [2.24, 2.45) is 0 Å². The molecule has 0 atom stereocenters. The summed E-state index contributed by atoms with van der Waals surface area (Å²) < 4.78 is 38.0. The molecule has 1 aromatic heterocycles. The van der Waals surface area contributed by atoms with Crippen molar-refractivity contribution in [3.05, 3.63) is 65.0 Å². The maximum atomic E-state index is 13.1. The van der Waals surface area contributed by atoms with Crippen molar-refractivity contribution in [1.82, 2.24) is 14.4 Å². The Labute approximate surface area is 197 Å². The summed E-state index contributed by atoms with van der Waals surface area (Å²) in [5.41, 5.74) is 0.798. The fourth-order valence-electron chi connectivity index (χ4n) is 3.86. The number of rotatable bonds is 7. The Balaban J connectivity index is 1.43. The molecule has 2 aromatic carbocycles. The van der Waals surface area contributed by atoms with Gasteiger partial charge in [0.25, 0.3) is 5.89 Å². The zero-order chi connectivity index (χ0) is 23.4. The number of sulfonamides is 1. The summed E-state index contributed by atoms with van der Waals surface area (Å²) in [6, 6.07) is 12.8. The molecule has 33 heavy (non-hydrogen) atoms. The second-order valence-corrected chi connectivity index (χ2v) is 10.4. The minimum absolute atomic E-state index is 0.0226. The van der Waals surface area contributed by atoms with Gasteiger partial charge in [0.05, 0.1) is 10.5 Å². The van der Waals surface area contributed by atoms with Crippen molar-refractivity contribution in [2.75, 3.05) is 7.05 Å². The molecule has 0 radical (unpaired) electrons. The molecule has 10 heteroatoms. The molecule has 1 aliphatic carbocycles. The molecular weight excluding hydrogens is 466 g/mol. The third-order valence-electron chi connectivity index (χ3n) is 5.71. The summed E-state index contributed by atoms with van der Waals surface area (Å²) in [4.78, 5) is 16.8. The monoisotopic (exact) mass is 489 g/mol. The van der Waals surface area contributed by atoms with Gasteiger partial charge in [-0.25, -0.2) is 13.2 Å². The lowest BCUT2D eigenvalue weighted by Gasteiger charge is -2.30. The normalized spacial score (nSPS) is 15.0. The Morgan fingerprint density at radius 3 is 2.67 bits per heavy atom. The number of nitrogens with zero attached hydrogens (tertiary/aromatic N) is 3. The van der Waals surface area contributed by atoms with E-state index in [1.54, 1.807) is 31.3 Å². The predicted molar refractivity (Wildman–Crippen MR) is 122 cm³/mol. The Hall–Kier alpha value is -2.75. The van der Waals surface area contributed by atoms with Gasteiger partial charge >= 0.3 is 5.97 Å². The Kier molecular flexibility index (Phi) is 7.11. The first-order valence-corrected chi connectivity index (χ1v) is 12.5. The van der Waals surface area contributed by atoms with Gasteiger partial charge in [0.15, 0.2) is 6.61 Å². The molecule has 0 N–H and O–H groups in total. The predicted octanol–water partition coefficient (Wildman–Crippen LogP) is 4.70. The molecule has 1 heterocycles.